The zero-order valence-electron chi connectivity index (χ0n) is 12.3. The minimum absolute atomic E-state index is 0.0682. The summed E-state index contributed by atoms with van der Waals surface area (Å²) >= 11 is 1.58. The minimum atomic E-state index is -2.88. The second kappa shape index (κ2) is 5.65. The minimum Gasteiger partial charge on any atom is -0.335 e. The molecule has 0 amide bonds. The van der Waals surface area contributed by atoms with Gasteiger partial charge in [0.15, 0.2) is 15.0 Å². The summed E-state index contributed by atoms with van der Waals surface area (Å²) in [5, 5.41) is 4.42. The van der Waals surface area contributed by atoms with Crippen LogP contribution in [0.5, 0.6) is 0 Å². The molecule has 6 heteroatoms. The van der Waals surface area contributed by atoms with E-state index in [1.165, 1.54) is 11.1 Å². The highest BCUT2D eigenvalue weighted by molar-refractivity contribution is 8.15. The number of nitrogens with one attached hydrogen (secondary N) is 1. The molecule has 1 N–H and O–H groups in total. The van der Waals surface area contributed by atoms with E-state index in [2.05, 4.69) is 42.4 Å². The Morgan fingerprint density at radius 2 is 1.90 bits per heavy atom. The van der Waals surface area contributed by atoms with Gasteiger partial charge in [0.2, 0.25) is 0 Å². The van der Waals surface area contributed by atoms with Gasteiger partial charge in [-0.3, -0.25) is 4.99 Å². The van der Waals surface area contributed by atoms with E-state index in [4.69, 9.17) is 0 Å². The first-order valence-electron chi connectivity index (χ1n) is 7.35. The first-order valence-corrected chi connectivity index (χ1v) is 10.0. The lowest BCUT2D eigenvalue weighted by Crippen LogP contribution is -2.13. The maximum atomic E-state index is 11.6. The number of para-hydroxylation sites is 1. The third-order valence-corrected chi connectivity index (χ3v) is 7.19. The van der Waals surface area contributed by atoms with Crippen molar-refractivity contribution in [1.29, 1.82) is 0 Å². The Labute approximate surface area is 130 Å². The Hall–Kier alpha value is -1.01. The van der Waals surface area contributed by atoms with Crippen LogP contribution in [0.25, 0.3) is 0 Å². The first-order chi connectivity index (χ1) is 10.0. The summed E-state index contributed by atoms with van der Waals surface area (Å²) in [4.78, 5) is 4.58. The fourth-order valence-electron chi connectivity index (χ4n) is 2.93. The van der Waals surface area contributed by atoms with E-state index in [-0.39, 0.29) is 22.8 Å². The van der Waals surface area contributed by atoms with Gasteiger partial charge in [0.1, 0.15) is 0 Å². The van der Waals surface area contributed by atoms with Crippen molar-refractivity contribution >= 4 is 32.5 Å². The van der Waals surface area contributed by atoms with Crippen molar-refractivity contribution in [2.45, 2.75) is 38.0 Å². The molecule has 1 aromatic carbocycles. The van der Waals surface area contributed by atoms with Crippen molar-refractivity contribution in [2.75, 3.05) is 16.8 Å². The van der Waals surface area contributed by atoms with Crippen molar-refractivity contribution in [3.63, 3.8) is 0 Å². The number of anilines is 1. The lowest BCUT2D eigenvalue weighted by Gasteiger charge is -2.15. The zero-order valence-corrected chi connectivity index (χ0v) is 13.9. The van der Waals surface area contributed by atoms with Crippen LogP contribution in [0.15, 0.2) is 23.2 Å². The average Bonchev–Trinajstić information content (AvgIpc) is 2.91. The Morgan fingerprint density at radius 1 is 1.24 bits per heavy atom. The van der Waals surface area contributed by atoms with Crippen LogP contribution in [-0.2, 0) is 22.7 Å². The van der Waals surface area contributed by atoms with Gasteiger partial charge >= 0.3 is 0 Å². The average molecular weight is 324 g/mol. The molecule has 0 spiro atoms. The normalized spacial score (nSPS) is 26.5. The molecule has 2 aliphatic rings. The van der Waals surface area contributed by atoms with Gasteiger partial charge in [0.05, 0.1) is 17.5 Å². The molecule has 1 fully saturated rings. The SMILES string of the molecule is CCc1cccc(CC)c1NC1=NC2CS(=O)(=O)CC2S1. The number of benzene rings is 1. The van der Waals surface area contributed by atoms with Crippen LogP contribution in [0, 0.1) is 0 Å². The van der Waals surface area contributed by atoms with Crippen LogP contribution in [-0.4, -0.2) is 36.4 Å². The van der Waals surface area contributed by atoms with Gasteiger partial charge in [-0.1, -0.05) is 43.8 Å². The molecule has 2 aliphatic heterocycles. The number of rotatable bonds is 3. The smallest absolute Gasteiger partial charge is 0.161 e. The predicted molar refractivity (Wildman–Crippen MR) is 90.1 cm³/mol. The quantitative estimate of drug-likeness (QED) is 0.928. The monoisotopic (exact) mass is 324 g/mol. The van der Waals surface area contributed by atoms with Crippen molar-refractivity contribution in [2.24, 2.45) is 4.99 Å². The zero-order chi connectivity index (χ0) is 15.0. The van der Waals surface area contributed by atoms with Crippen molar-refractivity contribution in [3.05, 3.63) is 29.3 Å². The summed E-state index contributed by atoms with van der Waals surface area (Å²) in [5.41, 5.74) is 3.71. The van der Waals surface area contributed by atoms with Crippen molar-refractivity contribution in [1.82, 2.24) is 0 Å². The number of aliphatic imine (C=N–C) groups is 1. The van der Waals surface area contributed by atoms with Crippen molar-refractivity contribution < 1.29 is 8.42 Å². The van der Waals surface area contributed by atoms with Crippen LogP contribution in [0.2, 0.25) is 0 Å². The van der Waals surface area contributed by atoms with Crippen LogP contribution < -0.4 is 5.32 Å². The maximum absolute atomic E-state index is 11.6. The molecule has 0 bridgehead atoms. The first kappa shape index (κ1) is 14.9. The molecule has 114 valence electrons. The molecule has 21 heavy (non-hydrogen) atoms. The highest BCUT2D eigenvalue weighted by Gasteiger charge is 2.42. The largest absolute Gasteiger partial charge is 0.335 e. The van der Waals surface area contributed by atoms with E-state index >= 15 is 0 Å². The van der Waals surface area contributed by atoms with E-state index in [1.807, 2.05) is 0 Å². The Balaban J connectivity index is 1.83. The van der Waals surface area contributed by atoms with E-state index in [0.717, 1.165) is 23.7 Å². The maximum Gasteiger partial charge on any atom is 0.161 e. The molecule has 0 radical (unpaired) electrons. The van der Waals surface area contributed by atoms with E-state index in [1.54, 1.807) is 11.8 Å². The summed E-state index contributed by atoms with van der Waals surface area (Å²) in [5.74, 6) is 0.457. The molecule has 0 saturated carbocycles. The molecular weight excluding hydrogens is 304 g/mol. The van der Waals surface area contributed by atoms with Crippen LogP contribution >= 0.6 is 11.8 Å². The molecule has 4 nitrogen and oxygen atoms in total. The lowest BCUT2D eigenvalue weighted by molar-refractivity contribution is 0.601. The molecule has 0 aromatic heterocycles. The highest BCUT2D eigenvalue weighted by Crippen LogP contribution is 2.35. The number of thioether (sulfide) groups is 1. The summed E-state index contributed by atoms with van der Waals surface area (Å²) in [6.07, 6.45) is 1.94. The fraction of sp³-hybridized carbons (Fsp3) is 0.533. The molecule has 2 heterocycles. The molecule has 1 saturated heterocycles. The van der Waals surface area contributed by atoms with Gasteiger partial charge in [-0.2, -0.15) is 0 Å². The lowest BCUT2D eigenvalue weighted by atomic mass is 10.0. The molecule has 1 aromatic rings. The second-order valence-corrected chi connectivity index (χ2v) is 8.90. The Kier molecular flexibility index (Phi) is 4.01. The number of amidine groups is 1. The third kappa shape index (κ3) is 2.97. The number of hydrogen-bond acceptors (Lipinski definition) is 5. The Morgan fingerprint density at radius 3 is 2.48 bits per heavy atom. The Bertz CT molecular complexity index is 661. The summed E-state index contributed by atoms with van der Waals surface area (Å²) in [6, 6.07) is 6.29. The van der Waals surface area contributed by atoms with Gasteiger partial charge in [0.25, 0.3) is 0 Å². The van der Waals surface area contributed by atoms with E-state index in [9.17, 15) is 8.42 Å². The number of aryl methyl sites for hydroxylation is 2. The summed E-state index contributed by atoms with van der Waals surface area (Å²) in [6.45, 7) is 4.29. The summed E-state index contributed by atoms with van der Waals surface area (Å²) < 4.78 is 23.2. The topological polar surface area (TPSA) is 58.5 Å². The highest BCUT2D eigenvalue weighted by atomic mass is 32.2. The van der Waals surface area contributed by atoms with Gasteiger partial charge < -0.3 is 5.32 Å². The summed E-state index contributed by atoms with van der Waals surface area (Å²) in [7, 11) is -2.88. The van der Waals surface area contributed by atoms with Gasteiger partial charge in [-0.25, -0.2) is 8.42 Å². The molecular formula is C15H20N2O2S2. The molecule has 2 atom stereocenters. The van der Waals surface area contributed by atoms with Gasteiger partial charge in [-0.05, 0) is 24.0 Å². The standard InChI is InChI=1S/C15H20N2O2S2/c1-3-10-6-5-7-11(4-2)14(10)17-15-16-12-8-21(18,19)9-13(12)20-15/h5-7,12-13H,3-4,8-9H2,1-2H3,(H,16,17). The molecule has 0 aliphatic carbocycles. The molecule has 2 unspecified atom stereocenters. The third-order valence-electron chi connectivity index (χ3n) is 4.05. The molecule has 3 rings (SSSR count). The number of sulfone groups is 1. The predicted octanol–water partition coefficient (Wildman–Crippen LogP) is 2.49. The second-order valence-electron chi connectivity index (χ2n) is 5.52. The van der Waals surface area contributed by atoms with E-state index < -0.39 is 9.84 Å². The number of nitrogens with zero attached hydrogens (tertiary/aromatic N) is 1. The van der Waals surface area contributed by atoms with Crippen molar-refractivity contribution in [3.8, 4) is 0 Å². The van der Waals surface area contributed by atoms with Crippen LogP contribution in [0.1, 0.15) is 25.0 Å². The van der Waals surface area contributed by atoms with E-state index in [0.29, 0.717) is 0 Å². The van der Waals surface area contributed by atoms with Crippen LogP contribution in [0.4, 0.5) is 5.69 Å². The van der Waals surface area contributed by atoms with Crippen LogP contribution in [0.3, 0.4) is 0 Å². The number of hydrogen-bond donors (Lipinski definition) is 1. The van der Waals surface area contributed by atoms with Gasteiger partial charge in [-0.15, -0.1) is 0 Å². The van der Waals surface area contributed by atoms with Gasteiger partial charge in [0, 0.05) is 10.9 Å². The number of fused-ring (bicyclic) bond motifs is 1. The fourth-order valence-corrected chi connectivity index (χ4v) is 6.59.